The van der Waals surface area contributed by atoms with Crippen LogP contribution in [0.25, 0.3) is 11.0 Å². The van der Waals surface area contributed by atoms with Crippen LogP contribution in [0.3, 0.4) is 0 Å². The molecule has 0 bridgehead atoms. The minimum absolute atomic E-state index is 0.298. The van der Waals surface area contributed by atoms with Gasteiger partial charge >= 0.3 is 0 Å². The third-order valence-electron chi connectivity index (χ3n) is 3.92. The van der Waals surface area contributed by atoms with E-state index >= 15 is 0 Å². The number of fused-ring (bicyclic) bond motifs is 1. The van der Waals surface area contributed by atoms with Gasteiger partial charge in [-0.05, 0) is 24.2 Å². The Morgan fingerprint density at radius 3 is 2.48 bits per heavy atom. The SMILES string of the molecule is CCNC(Cc1nc2ccccc2n1C)c1ccccc1. The molecular weight excluding hydrogens is 258 g/mol. The van der Waals surface area contributed by atoms with Gasteiger partial charge in [0.15, 0.2) is 0 Å². The highest BCUT2D eigenvalue weighted by Crippen LogP contribution is 2.21. The van der Waals surface area contributed by atoms with Gasteiger partial charge in [0.1, 0.15) is 5.82 Å². The van der Waals surface area contributed by atoms with Gasteiger partial charge in [0.25, 0.3) is 0 Å². The third kappa shape index (κ3) is 2.83. The highest BCUT2D eigenvalue weighted by atomic mass is 15.1. The summed E-state index contributed by atoms with van der Waals surface area (Å²) >= 11 is 0. The van der Waals surface area contributed by atoms with Gasteiger partial charge in [-0.1, -0.05) is 49.4 Å². The maximum absolute atomic E-state index is 4.78. The van der Waals surface area contributed by atoms with Gasteiger partial charge in [0.2, 0.25) is 0 Å². The molecule has 3 heteroatoms. The quantitative estimate of drug-likeness (QED) is 0.775. The molecule has 0 saturated carbocycles. The molecule has 1 unspecified atom stereocenters. The molecule has 0 amide bonds. The van der Waals surface area contributed by atoms with Crippen LogP contribution in [0.4, 0.5) is 0 Å². The second-order valence-electron chi connectivity index (χ2n) is 5.30. The zero-order valence-electron chi connectivity index (χ0n) is 12.6. The molecule has 0 aliphatic heterocycles. The predicted octanol–water partition coefficient (Wildman–Crippen LogP) is 3.47. The van der Waals surface area contributed by atoms with E-state index in [1.807, 2.05) is 6.07 Å². The minimum atomic E-state index is 0.298. The zero-order chi connectivity index (χ0) is 14.7. The van der Waals surface area contributed by atoms with E-state index in [9.17, 15) is 0 Å². The topological polar surface area (TPSA) is 29.9 Å². The average molecular weight is 279 g/mol. The molecule has 1 aromatic heterocycles. The lowest BCUT2D eigenvalue weighted by Gasteiger charge is -2.18. The molecule has 1 heterocycles. The Kier molecular flexibility index (Phi) is 4.02. The maximum atomic E-state index is 4.78. The predicted molar refractivity (Wildman–Crippen MR) is 87.3 cm³/mol. The van der Waals surface area contributed by atoms with E-state index in [2.05, 4.69) is 72.4 Å². The Hall–Kier alpha value is -2.13. The number of nitrogens with one attached hydrogen (secondary N) is 1. The van der Waals surface area contributed by atoms with Crippen molar-refractivity contribution in [2.75, 3.05) is 6.54 Å². The molecule has 1 atom stereocenters. The largest absolute Gasteiger partial charge is 0.331 e. The molecule has 0 radical (unpaired) electrons. The van der Waals surface area contributed by atoms with Crippen LogP contribution in [0.2, 0.25) is 0 Å². The lowest BCUT2D eigenvalue weighted by molar-refractivity contribution is 0.530. The van der Waals surface area contributed by atoms with Gasteiger partial charge in [-0.25, -0.2) is 4.98 Å². The van der Waals surface area contributed by atoms with Crippen LogP contribution in [-0.4, -0.2) is 16.1 Å². The summed E-state index contributed by atoms with van der Waals surface area (Å²) in [5, 5.41) is 3.57. The Labute approximate surface area is 125 Å². The van der Waals surface area contributed by atoms with Gasteiger partial charge in [0.05, 0.1) is 11.0 Å². The molecular formula is C18H21N3. The molecule has 3 rings (SSSR count). The van der Waals surface area contributed by atoms with E-state index in [4.69, 9.17) is 4.98 Å². The fraction of sp³-hybridized carbons (Fsp3) is 0.278. The average Bonchev–Trinajstić information content (AvgIpc) is 2.84. The van der Waals surface area contributed by atoms with Gasteiger partial charge in [-0.2, -0.15) is 0 Å². The van der Waals surface area contributed by atoms with Crippen molar-refractivity contribution >= 4 is 11.0 Å². The molecule has 1 N–H and O–H groups in total. The number of rotatable bonds is 5. The highest BCUT2D eigenvalue weighted by Gasteiger charge is 2.15. The first-order chi connectivity index (χ1) is 10.3. The standard InChI is InChI=1S/C18H21N3/c1-3-19-16(14-9-5-4-6-10-14)13-18-20-15-11-7-8-12-17(15)21(18)2/h4-12,16,19H,3,13H2,1-2H3. The van der Waals surface area contributed by atoms with Gasteiger partial charge in [-0.3, -0.25) is 0 Å². The van der Waals surface area contributed by atoms with Crippen LogP contribution in [0, 0.1) is 0 Å². The van der Waals surface area contributed by atoms with Crippen molar-refractivity contribution in [3.05, 3.63) is 66.0 Å². The minimum Gasteiger partial charge on any atom is -0.331 e. The molecule has 0 spiro atoms. The van der Waals surface area contributed by atoms with Crippen molar-refractivity contribution in [2.45, 2.75) is 19.4 Å². The lowest BCUT2D eigenvalue weighted by Crippen LogP contribution is -2.24. The Morgan fingerprint density at radius 1 is 1.05 bits per heavy atom. The van der Waals surface area contributed by atoms with E-state index in [1.165, 1.54) is 11.1 Å². The summed E-state index contributed by atoms with van der Waals surface area (Å²) in [6.07, 6.45) is 0.892. The number of para-hydroxylation sites is 2. The molecule has 0 fully saturated rings. The van der Waals surface area contributed by atoms with Crippen LogP contribution < -0.4 is 5.32 Å². The zero-order valence-corrected chi connectivity index (χ0v) is 12.6. The number of aromatic nitrogens is 2. The first-order valence-electron chi connectivity index (χ1n) is 7.48. The first kappa shape index (κ1) is 13.8. The van der Waals surface area contributed by atoms with E-state index in [1.54, 1.807) is 0 Å². The van der Waals surface area contributed by atoms with E-state index in [-0.39, 0.29) is 0 Å². The number of nitrogens with zero attached hydrogens (tertiary/aromatic N) is 2. The molecule has 0 saturated heterocycles. The number of benzene rings is 2. The number of hydrogen-bond donors (Lipinski definition) is 1. The number of likely N-dealkylation sites (N-methyl/N-ethyl adjacent to an activating group) is 1. The fourth-order valence-corrected chi connectivity index (χ4v) is 2.80. The number of imidazole rings is 1. The Bertz CT molecular complexity index is 716. The maximum Gasteiger partial charge on any atom is 0.111 e. The summed E-state index contributed by atoms with van der Waals surface area (Å²) in [6.45, 7) is 3.09. The number of aryl methyl sites for hydroxylation is 1. The van der Waals surface area contributed by atoms with Gasteiger partial charge in [-0.15, -0.1) is 0 Å². The fourth-order valence-electron chi connectivity index (χ4n) is 2.80. The summed E-state index contributed by atoms with van der Waals surface area (Å²) in [5.41, 5.74) is 3.57. The summed E-state index contributed by atoms with van der Waals surface area (Å²) < 4.78 is 2.20. The summed E-state index contributed by atoms with van der Waals surface area (Å²) in [4.78, 5) is 4.78. The van der Waals surface area contributed by atoms with Crippen LogP contribution >= 0.6 is 0 Å². The second-order valence-corrected chi connectivity index (χ2v) is 5.30. The molecule has 108 valence electrons. The monoisotopic (exact) mass is 279 g/mol. The van der Waals surface area contributed by atoms with Crippen LogP contribution in [0.5, 0.6) is 0 Å². The first-order valence-corrected chi connectivity index (χ1v) is 7.48. The molecule has 0 aliphatic rings. The van der Waals surface area contributed by atoms with Gasteiger partial charge < -0.3 is 9.88 Å². The Balaban J connectivity index is 1.93. The normalized spacial score (nSPS) is 12.7. The van der Waals surface area contributed by atoms with Crippen molar-refractivity contribution in [3.8, 4) is 0 Å². The van der Waals surface area contributed by atoms with Crippen molar-refractivity contribution in [2.24, 2.45) is 7.05 Å². The van der Waals surface area contributed by atoms with Crippen LogP contribution in [0.1, 0.15) is 24.4 Å². The second kappa shape index (κ2) is 6.10. The molecule has 0 aliphatic carbocycles. The van der Waals surface area contributed by atoms with Crippen LogP contribution in [-0.2, 0) is 13.5 Å². The van der Waals surface area contributed by atoms with E-state index in [0.717, 1.165) is 24.3 Å². The van der Waals surface area contributed by atoms with E-state index in [0.29, 0.717) is 6.04 Å². The Morgan fingerprint density at radius 2 is 1.76 bits per heavy atom. The molecule has 3 nitrogen and oxygen atoms in total. The van der Waals surface area contributed by atoms with Crippen molar-refractivity contribution in [1.29, 1.82) is 0 Å². The van der Waals surface area contributed by atoms with Crippen molar-refractivity contribution in [1.82, 2.24) is 14.9 Å². The molecule has 21 heavy (non-hydrogen) atoms. The summed E-state index contributed by atoms with van der Waals surface area (Å²) in [6, 6.07) is 19.2. The molecule has 3 aromatic rings. The highest BCUT2D eigenvalue weighted by molar-refractivity contribution is 5.75. The summed E-state index contributed by atoms with van der Waals surface area (Å²) in [7, 11) is 2.10. The van der Waals surface area contributed by atoms with Crippen molar-refractivity contribution < 1.29 is 0 Å². The van der Waals surface area contributed by atoms with Crippen molar-refractivity contribution in [3.63, 3.8) is 0 Å². The molecule has 2 aromatic carbocycles. The smallest absolute Gasteiger partial charge is 0.111 e. The van der Waals surface area contributed by atoms with Gasteiger partial charge in [0, 0.05) is 19.5 Å². The third-order valence-corrected chi connectivity index (χ3v) is 3.92. The van der Waals surface area contributed by atoms with E-state index < -0.39 is 0 Å². The van der Waals surface area contributed by atoms with Crippen LogP contribution in [0.15, 0.2) is 54.6 Å². The number of hydrogen-bond acceptors (Lipinski definition) is 2. The lowest BCUT2D eigenvalue weighted by atomic mass is 10.0. The summed E-state index contributed by atoms with van der Waals surface area (Å²) in [5.74, 6) is 1.12.